The van der Waals surface area contributed by atoms with E-state index in [0.717, 1.165) is 75.1 Å². The quantitative estimate of drug-likeness (QED) is 0.117. The highest BCUT2D eigenvalue weighted by atomic mass is 15.1. The number of hydrogen-bond acceptors (Lipinski definition) is 8. The minimum atomic E-state index is 0.402. The lowest BCUT2D eigenvalue weighted by Gasteiger charge is -2.10. The van der Waals surface area contributed by atoms with Crippen molar-refractivity contribution in [1.29, 1.82) is 0 Å². The van der Waals surface area contributed by atoms with Gasteiger partial charge in [0.25, 0.3) is 0 Å². The molecule has 0 spiro atoms. The third-order valence-corrected chi connectivity index (χ3v) is 20.9. The first-order chi connectivity index (χ1) is 52.4. The number of pyridine rings is 3. The Morgan fingerprint density at radius 2 is 0.727 bits per heavy atom. The molecule has 7 aromatic carbocycles. The fraction of sp³-hybridized carbons (Fsp3) is 0.309. The zero-order valence-electron chi connectivity index (χ0n) is 69.5. The van der Waals surface area contributed by atoms with Gasteiger partial charge in [0.15, 0.2) is 27.9 Å². The van der Waals surface area contributed by atoms with Crippen LogP contribution in [-0.4, -0.2) is 39.9 Å². The third-order valence-electron chi connectivity index (χ3n) is 20.9. The maximum absolute atomic E-state index is 5.03. The Kier molecular flexibility index (Phi) is 25.0. The Hall–Kier alpha value is -11.3. The van der Waals surface area contributed by atoms with Gasteiger partial charge in [0, 0.05) is 30.9 Å². The van der Waals surface area contributed by atoms with Crippen molar-refractivity contribution in [2.24, 2.45) is 47.1 Å². The summed E-state index contributed by atoms with van der Waals surface area (Å²) in [7, 11) is 10.3. The summed E-state index contributed by atoms with van der Waals surface area (Å²) in [4.78, 5) is 38.2. The van der Waals surface area contributed by atoms with Crippen LogP contribution >= 0.6 is 0 Å². The van der Waals surface area contributed by atoms with E-state index >= 15 is 0 Å². The summed E-state index contributed by atoms with van der Waals surface area (Å²) in [5.74, 6) is 7.11. The Balaban J connectivity index is 0.000000137. The molecule has 0 saturated heterocycles. The molecule has 0 atom stereocenters. The molecule has 15 rings (SSSR count). The number of para-hydroxylation sites is 2. The molecule has 0 radical (unpaired) electrons. The Labute approximate surface area is 652 Å². The molecular formula is C97H112N13+5. The molecule has 0 aliphatic heterocycles. The van der Waals surface area contributed by atoms with Crippen LogP contribution in [0.15, 0.2) is 195 Å². The topological polar surface area (TPSA) is 123 Å². The molecule has 0 saturated carbocycles. The van der Waals surface area contributed by atoms with E-state index in [1.54, 1.807) is 6.20 Å². The summed E-state index contributed by atoms with van der Waals surface area (Å²) < 4.78 is 10.6. The van der Waals surface area contributed by atoms with Crippen molar-refractivity contribution in [2.45, 2.75) is 156 Å². The molecule has 13 nitrogen and oxygen atoms in total. The van der Waals surface area contributed by atoms with Gasteiger partial charge in [-0.15, -0.1) is 0 Å². The van der Waals surface area contributed by atoms with Gasteiger partial charge in [0.2, 0.25) is 16.6 Å². The van der Waals surface area contributed by atoms with E-state index in [1.165, 1.54) is 133 Å². The van der Waals surface area contributed by atoms with Gasteiger partial charge in [-0.3, -0.25) is 0 Å². The summed E-state index contributed by atoms with van der Waals surface area (Å²) in [5.41, 5.74) is 33.0. The highest BCUT2D eigenvalue weighted by Crippen LogP contribution is 2.32. The maximum atomic E-state index is 5.03. The number of aryl methyl sites for hydroxylation is 13. The number of aromatic nitrogens is 13. The average molecular weight is 1460 g/mol. The highest BCUT2D eigenvalue weighted by molar-refractivity contribution is 5.82. The predicted octanol–water partition coefficient (Wildman–Crippen LogP) is 19.9. The van der Waals surface area contributed by atoms with E-state index in [-0.39, 0.29) is 0 Å². The molecule has 560 valence electrons. The van der Waals surface area contributed by atoms with Crippen molar-refractivity contribution in [3.63, 3.8) is 0 Å². The zero-order chi connectivity index (χ0) is 79.1. The molecule has 8 heterocycles. The first-order valence-corrected chi connectivity index (χ1v) is 38.8. The van der Waals surface area contributed by atoms with Gasteiger partial charge in [0.05, 0.1) is 73.8 Å². The third kappa shape index (κ3) is 18.0. The largest absolute Gasteiger partial charge is 0.331 e. The van der Waals surface area contributed by atoms with Crippen LogP contribution in [0.3, 0.4) is 0 Å². The van der Waals surface area contributed by atoms with Crippen LogP contribution in [0.5, 0.6) is 0 Å². The molecule has 0 fully saturated rings. The molecule has 0 aliphatic carbocycles. The molecule has 0 bridgehead atoms. The summed E-state index contributed by atoms with van der Waals surface area (Å²) in [6.45, 7) is 41.4. The Morgan fingerprint density at radius 3 is 1.19 bits per heavy atom. The van der Waals surface area contributed by atoms with Crippen LogP contribution < -0.4 is 22.8 Å². The predicted molar refractivity (Wildman–Crippen MR) is 453 cm³/mol. The number of benzene rings is 7. The van der Waals surface area contributed by atoms with Gasteiger partial charge in [0.1, 0.15) is 29.6 Å². The molecule has 0 aliphatic rings. The standard InChI is InChI=1S/C21H26N3.C20H24N3.C20H23N2.C19H21N2.C17H18N3/c1-13(2)7-17-10-19-20(22-11-17)12-24(6)21(23-19)18-9-14(3)8-15(4)16(18)5;1-12(2)16-9-18-19(21-10-16)11-23(6)20(22-18)17-8-13(3)7-14(4)15(17)5;1-14(2)13-18-17-11-7-8-12-19(17)22(4)20(21-18)16-10-6-5-9-15(16)3;1-13(2)18-16-11-7-8-12-17(16)21(4)19(20-18)15-10-6-5-9-14(15)3;1-11-8-12(2)13(3)14(9-11)17-19-15-6-5-7-18-16(15)10-20(17)4/h8-13H,7H2,1-6H3;7-12H,1-6H3;5-12,14H,13H2,1-4H3;5-13H,1-4H3;5-10H,1-4H3/q5*+1. The van der Waals surface area contributed by atoms with Crippen molar-refractivity contribution in [1.82, 2.24) is 39.9 Å². The number of hydrogen-bond donors (Lipinski definition) is 0. The Morgan fingerprint density at radius 1 is 0.318 bits per heavy atom. The first-order valence-electron chi connectivity index (χ1n) is 38.8. The molecular weight excluding hydrogens is 1350 g/mol. The van der Waals surface area contributed by atoms with Crippen LogP contribution in [-0.2, 0) is 48.1 Å². The van der Waals surface area contributed by atoms with Gasteiger partial charge >= 0.3 is 29.1 Å². The monoisotopic (exact) mass is 1460 g/mol. The van der Waals surface area contributed by atoms with Crippen molar-refractivity contribution >= 4 is 54.9 Å². The maximum Gasteiger partial charge on any atom is 0.331 e. The van der Waals surface area contributed by atoms with Crippen LogP contribution in [0.2, 0.25) is 0 Å². The fourth-order valence-corrected chi connectivity index (χ4v) is 14.6. The second kappa shape index (κ2) is 34.5. The van der Waals surface area contributed by atoms with E-state index < -0.39 is 0 Å². The lowest BCUT2D eigenvalue weighted by molar-refractivity contribution is -0.661. The first kappa shape index (κ1) is 79.7. The molecule has 110 heavy (non-hydrogen) atoms. The van der Waals surface area contributed by atoms with Crippen molar-refractivity contribution in [2.75, 3.05) is 0 Å². The molecule has 0 N–H and O–H groups in total. The number of nitrogens with zero attached hydrogens (tertiary/aromatic N) is 13. The average Bonchev–Trinajstić information content (AvgIpc) is 0.781. The smallest absolute Gasteiger partial charge is 0.248 e. The van der Waals surface area contributed by atoms with Crippen molar-refractivity contribution < 1.29 is 22.8 Å². The summed E-state index contributed by atoms with van der Waals surface area (Å²) in [6, 6.07) is 55.6. The molecule has 8 aromatic heterocycles. The molecule has 0 amide bonds. The minimum Gasteiger partial charge on any atom is -0.248 e. The van der Waals surface area contributed by atoms with E-state index in [2.05, 4.69) is 341 Å². The Bertz CT molecular complexity index is 5910. The van der Waals surface area contributed by atoms with E-state index in [4.69, 9.17) is 24.9 Å². The van der Waals surface area contributed by atoms with Gasteiger partial charge in [-0.2, -0.15) is 0 Å². The number of fused-ring (bicyclic) bond motifs is 5. The fourth-order valence-electron chi connectivity index (χ4n) is 14.6. The molecule has 15 aromatic rings. The molecule has 0 unspecified atom stereocenters. The van der Waals surface area contributed by atoms with Crippen LogP contribution in [0.1, 0.15) is 151 Å². The van der Waals surface area contributed by atoms with Crippen molar-refractivity contribution in [3.8, 4) is 56.9 Å². The minimum absolute atomic E-state index is 0.402. The summed E-state index contributed by atoms with van der Waals surface area (Å²) in [6.07, 6.45) is 13.9. The van der Waals surface area contributed by atoms with Crippen LogP contribution in [0, 0.1) is 88.0 Å². The number of rotatable bonds is 11. The second-order valence-corrected chi connectivity index (χ2v) is 31.6. The molecule has 13 heteroatoms. The van der Waals surface area contributed by atoms with Crippen molar-refractivity contribution in [3.05, 3.63) is 279 Å². The SMILES string of the molecule is Cc1cc(C)c(C)c(-c2nc3cc(C(C)C)cnc3c[n+]2C)c1.Cc1cc(C)c(C)c(-c2nc3cc(CC(C)C)cnc3c[n+]2C)c1.Cc1cc(C)c(C)c(-c2nc3cccnc3c[n+]2C)c1.Cc1ccccc1-c1nc(C(C)C)c2ccccc2[n+]1C.Cc1ccccc1-c1nc(CC(C)C)c2ccccc2[n+]1C. The normalized spacial score (nSPS) is 11.3. The highest BCUT2D eigenvalue weighted by Gasteiger charge is 2.27. The lowest BCUT2D eigenvalue weighted by Crippen LogP contribution is -2.34. The van der Waals surface area contributed by atoms with E-state index in [9.17, 15) is 0 Å². The lowest BCUT2D eigenvalue weighted by atomic mass is 9.99. The summed E-state index contributed by atoms with van der Waals surface area (Å²) >= 11 is 0. The van der Waals surface area contributed by atoms with Crippen LogP contribution in [0.25, 0.3) is 112 Å². The van der Waals surface area contributed by atoms with Gasteiger partial charge < -0.3 is 0 Å². The summed E-state index contributed by atoms with van der Waals surface area (Å²) in [5, 5.41) is 2.50. The van der Waals surface area contributed by atoms with E-state index in [1.807, 2.05) is 51.9 Å². The van der Waals surface area contributed by atoms with Gasteiger partial charge in [-0.25, -0.2) is 37.8 Å². The van der Waals surface area contributed by atoms with Crippen LogP contribution in [0.4, 0.5) is 0 Å². The second-order valence-electron chi connectivity index (χ2n) is 31.6. The zero-order valence-corrected chi connectivity index (χ0v) is 69.5. The van der Waals surface area contributed by atoms with Gasteiger partial charge in [-0.05, 0) is 276 Å². The van der Waals surface area contributed by atoms with E-state index in [0.29, 0.717) is 23.7 Å². The van der Waals surface area contributed by atoms with Gasteiger partial charge in [-0.1, -0.05) is 134 Å².